The van der Waals surface area contributed by atoms with E-state index in [1.165, 1.54) is 59.4 Å². The summed E-state index contributed by atoms with van der Waals surface area (Å²) < 4.78 is 6.22. The molecule has 0 aliphatic rings. The Labute approximate surface area is 224 Å². The number of benzene rings is 8. The molecule has 180 valence electrons. The average Bonchev–Trinajstić information content (AvgIpc) is 3.38. The maximum absolute atomic E-state index is 6.22. The zero-order chi connectivity index (χ0) is 25.5. The lowest BCUT2D eigenvalue weighted by molar-refractivity contribution is 0.669. The molecule has 0 aliphatic heterocycles. The van der Waals surface area contributed by atoms with Gasteiger partial charge in [0.15, 0.2) is 0 Å². The van der Waals surface area contributed by atoms with Crippen molar-refractivity contribution in [1.82, 2.24) is 0 Å². The molecule has 1 heteroatoms. The molecule has 9 rings (SSSR count). The van der Waals surface area contributed by atoms with Crippen molar-refractivity contribution in [3.63, 3.8) is 0 Å². The summed E-state index contributed by atoms with van der Waals surface area (Å²) in [5.41, 5.74) is 4.21. The maximum atomic E-state index is 6.22. The highest BCUT2D eigenvalue weighted by atomic mass is 16.3. The van der Waals surface area contributed by atoms with E-state index in [1.54, 1.807) is 0 Å². The second-order valence-electron chi connectivity index (χ2n) is 10.5. The minimum absolute atomic E-state index is 0.926. The first-order valence-electron chi connectivity index (χ1n) is 13.4. The van der Waals surface area contributed by atoms with Gasteiger partial charge in [0.25, 0.3) is 0 Å². The molecule has 1 heterocycles. The van der Waals surface area contributed by atoms with E-state index in [1.807, 2.05) is 12.1 Å². The quantitative estimate of drug-likeness (QED) is 0.207. The predicted molar refractivity (Wildman–Crippen MR) is 167 cm³/mol. The van der Waals surface area contributed by atoms with Gasteiger partial charge in [0, 0.05) is 10.8 Å². The summed E-state index contributed by atoms with van der Waals surface area (Å²) in [5.74, 6) is 0. The number of rotatable bonds is 1. The average molecular weight is 495 g/mol. The number of hydrogen-bond acceptors (Lipinski definition) is 1. The topological polar surface area (TPSA) is 13.1 Å². The Morgan fingerprint density at radius 2 is 0.692 bits per heavy atom. The standard InChI is InChI=1S/C38H22O/c1-4-13-30-25(9-1)26-10-2-5-14-31(26)38-33-20-18-23(21-34(33)27-11-3-6-15-32(27)37(30)38)24-17-19-29-28-12-7-8-16-35(28)39-36(29)22-24/h1-22H. The monoisotopic (exact) mass is 494 g/mol. The molecule has 0 atom stereocenters. The molecule has 1 nitrogen and oxygen atoms in total. The lowest BCUT2D eigenvalue weighted by atomic mass is 9.86. The van der Waals surface area contributed by atoms with E-state index in [0.29, 0.717) is 0 Å². The van der Waals surface area contributed by atoms with Crippen LogP contribution < -0.4 is 0 Å². The van der Waals surface area contributed by atoms with Crippen LogP contribution in [0.3, 0.4) is 0 Å². The zero-order valence-corrected chi connectivity index (χ0v) is 21.1. The van der Waals surface area contributed by atoms with Crippen molar-refractivity contribution in [1.29, 1.82) is 0 Å². The maximum Gasteiger partial charge on any atom is 0.136 e. The van der Waals surface area contributed by atoms with Crippen LogP contribution in [0.1, 0.15) is 0 Å². The second kappa shape index (κ2) is 7.69. The third kappa shape index (κ3) is 2.85. The molecular weight excluding hydrogens is 472 g/mol. The first-order valence-corrected chi connectivity index (χ1v) is 13.4. The molecule has 0 fully saturated rings. The smallest absolute Gasteiger partial charge is 0.136 e. The SMILES string of the molecule is c1ccc2c(c1)oc1cc(-c3ccc4c(c3)c3ccccc3c3c5ccccc5c5ccccc5c43)ccc12. The summed E-state index contributed by atoms with van der Waals surface area (Å²) in [4.78, 5) is 0. The minimum Gasteiger partial charge on any atom is -0.456 e. The van der Waals surface area contributed by atoms with Crippen LogP contribution in [-0.2, 0) is 0 Å². The highest BCUT2D eigenvalue weighted by molar-refractivity contribution is 6.39. The fraction of sp³-hybridized carbons (Fsp3) is 0. The lowest BCUT2D eigenvalue weighted by Crippen LogP contribution is -1.89. The van der Waals surface area contributed by atoms with Crippen LogP contribution in [0.15, 0.2) is 138 Å². The van der Waals surface area contributed by atoms with E-state index >= 15 is 0 Å². The predicted octanol–water partition coefficient (Wildman–Crippen LogP) is 11.0. The van der Waals surface area contributed by atoms with Gasteiger partial charge >= 0.3 is 0 Å². The summed E-state index contributed by atoms with van der Waals surface area (Å²) in [6.45, 7) is 0. The van der Waals surface area contributed by atoms with Gasteiger partial charge in [0.05, 0.1) is 0 Å². The van der Waals surface area contributed by atoms with Crippen molar-refractivity contribution in [2.75, 3.05) is 0 Å². The Balaban J connectivity index is 1.42. The van der Waals surface area contributed by atoms with E-state index < -0.39 is 0 Å². The van der Waals surface area contributed by atoms with E-state index in [4.69, 9.17) is 4.42 Å². The molecular formula is C38H22O. The van der Waals surface area contributed by atoms with Gasteiger partial charge in [-0.3, -0.25) is 0 Å². The molecule has 9 aromatic rings. The van der Waals surface area contributed by atoms with E-state index in [2.05, 4.69) is 121 Å². The molecule has 0 spiro atoms. The largest absolute Gasteiger partial charge is 0.456 e. The second-order valence-corrected chi connectivity index (χ2v) is 10.5. The molecule has 0 aliphatic carbocycles. The molecule has 0 amide bonds. The van der Waals surface area contributed by atoms with E-state index in [-0.39, 0.29) is 0 Å². The number of para-hydroxylation sites is 1. The fourth-order valence-electron chi connectivity index (χ4n) is 6.71. The van der Waals surface area contributed by atoms with Crippen molar-refractivity contribution in [3.05, 3.63) is 133 Å². The molecule has 0 radical (unpaired) electrons. The van der Waals surface area contributed by atoms with Crippen molar-refractivity contribution < 1.29 is 4.42 Å². The molecule has 0 bridgehead atoms. The van der Waals surface area contributed by atoms with Gasteiger partial charge in [-0.05, 0) is 89.3 Å². The van der Waals surface area contributed by atoms with Gasteiger partial charge in [-0.2, -0.15) is 0 Å². The molecule has 0 saturated heterocycles. The van der Waals surface area contributed by atoms with Gasteiger partial charge in [-0.25, -0.2) is 0 Å². The summed E-state index contributed by atoms with van der Waals surface area (Å²) >= 11 is 0. The van der Waals surface area contributed by atoms with Crippen molar-refractivity contribution in [2.45, 2.75) is 0 Å². The number of furan rings is 1. The van der Waals surface area contributed by atoms with Crippen molar-refractivity contribution in [2.24, 2.45) is 0 Å². The van der Waals surface area contributed by atoms with Gasteiger partial charge in [-0.1, -0.05) is 109 Å². The fourth-order valence-corrected chi connectivity index (χ4v) is 6.71. The van der Waals surface area contributed by atoms with Crippen LogP contribution >= 0.6 is 0 Å². The van der Waals surface area contributed by atoms with Crippen LogP contribution in [-0.4, -0.2) is 0 Å². The number of hydrogen-bond donors (Lipinski definition) is 0. The van der Waals surface area contributed by atoms with Crippen molar-refractivity contribution in [3.8, 4) is 11.1 Å². The van der Waals surface area contributed by atoms with Gasteiger partial charge in [0.1, 0.15) is 11.2 Å². The molecule has 39 heavy (non-hydrogen) atoms. The van der Waals surface area contributed by atoms with Gasteiger partial charge in [0.2, 0.25) is 0 Å². The van der Waals surface area contributed by atoms with E-state index in [0.717, 1.165) is 27.5 Å². The Morgan fingerprint density at radius 3 is 1.31 bits per heavy atom. The van der Waals surface area contributed by atoms with Crippen molar-refractivity contribution >= 4 is 75.8 Å². The lowest BCUT2D eigenvalue weighted by Gasteiger charge is -2.17. The van der Waals surface area contributed by atoms with Gasteiger partial charge in [-0.15, -0.1) is 0 Å². The third-order valence-corrected chi connectivity index (χ3v) is 8.42. The molecule has 0 saturated carbocycles. The third-order valence-electron chi connectivity index (χ3n) is 8.42. The molecule has 1 aromatic heterocycles. The number of fused-ring (bicyclic) bond motifs is 14. The summed E-state index contributed by atoms with van der Waals surface area (Å²) in [7, 11) is 0. The Bertz CT molecular complexity index is 2440. The van der Waals surface area contributed by atoms with Crippen LogP contribution in [0.4, 0.5) is 0 Å². The van der Waals surface area contributed by atoms with Crippen LogP contribution in [0.5, 0.6) is 0 Å². The highest BCUT2D eigenvalue weighted by Gasteiger charge is 2.16. The molecule has 8 aromatic carbocycles. The van der Waals surface area contributed by atoms with Gasteiger partial charge < -0.3 is 4.42 Å². The zero-order valence-electron chi connectivity index (χ0n) is 21.1. The first kappa shape index (κ1) is 20.9. The summed E-state index contributed by atoms with van der Waals surface area (Å²) in [6, 6.07) is 48.4. The van der Waals surface area contributed by atoms with Crippen LogP contribution in [0.25, 0.3) is 86.9 Å². The van der Waals surface area contributed by atoms with Crippen LogP contribution in [0.2, 0.25) is 0 Å². The Morgan fingerprint density at radius 1 is 0.282 bits per heavy atom. The summed E-state index contributed by atoms with van der Waals surface area (Å²) in [5, 5.41) is 15.4. The molecule has 0 unspecified atom stereocenters. The summed E-state index contributed by atoms with van der Waals surface area (Å²) in [6.07, 6.45) is 0. The first-order chi connectivity index (χ1) is 19.3. The Hall–Kier alpha value is -5.14. The van der Waals surface area contributed by atoms with Crippen LogP contribution in [0, 0.1) is 0 Å². The minimum atomic E-state index is 0.926. The normalized spacial score (nSPS) is 12.1. The molecule has 0 N–H and O–H groups in total. The Kier molecular flexibility index (Phi) is 4.11. The van der Waals surface area contributed by atoms with E-state index in [9.17, 15) is 0 Å². The highest BCUT2D eigenvalue weighted by Crippen LogP contribution is 2.44.